The summed E-state index contributed by atoms with van der Waals surface area (Å²) in [5.74, 6) is 0.295. The Kier molecular flexibility index (Phi) is 7.12. The molecular formula is C34H28NO4PS. The van der Waals surface area contributed by atoms with Gasteiger partial charge < -0.3 is 8.98 Å². The molecule has 0 aliphatic carbocycles. The third-order valence-corrected chi connectivity index (χ3v) is 12.0. The average Bonchev–Trinajstić information content (AvgIpc) is 3.35. The van der Waals surface area contributed by atoms with E-state index < -0.39 is 22.8 Å². The van der Waals surface area contributed by atoms with Crippen molar-refractivity contribution in [2.75, 3.05) is 4.72 Å². The van der Waals surface area contributed by atoms with Crippen LogP contribution in [0.25, 0.3) is 11.0 Å². The molecule has 1 atom stereocenters. The minimum absolute atomic E-state index is 0.130. The fraction of sp³-hybridized carbons (Fsp3) is 0.0588. The Morgan fingerprint density at radius 3 is 1.76 bits per heavy atom. The van der Waals surface area contributed by atoms with E-state index in [1.165, 1.54) is 0 Å². The Labute approximate surface area is 239 Å². The van der Waals surface area contributed by atoms with E-state index >= 15 is 4.57 Å². The standard InChI is InChI=1S/C34H28NO4PS/c1-25-21-23-29(24-22-25)41(37,38)35-32-30-19-11-12-20-31(30)39-33(32)34(26-13-5-2-6-14-26)40(36,27-15-7-3-8-16-27)28-17-9-4-10-18-28/h2-24,34-35H,1H3. The average molecular weight is 578 g/mol. The lowest BCUT2D eigenvalue weighted by atomic mass is 10.1. The molecule has 6 rings (SSSR count). The summed E-state index contributed by atoms with van der Waals surface area (Å²) in [5.41, 5.74) is 1.66. The Hall–Kier alpha value is -4.38. The molecule has 0 aliphatic rings. The third kappa shape index (κ3) is 5.01. The highest BCUT2D eigenvalue weighted by molar-refractivity contribution is 7.92. The lowest BCUT2D eigenvalue weighted by molar-refractivity contribution is 0.541. The van der Waals surface area contributed by atoms with Crippen molar-refractivity contribution >= 4 is 44.4 Å². The summed E-state index contributed by atoms with van der Waals surface area (Å²) in [4.78, 5) is 0.130. The second-order valence-electron chi connectivity index (χ2n) is 9.90. The van der Waals surface area contributed by atoms with Gasteiger partial charge in [0.05, 0.1) is 10.6 Å². The highest BCUT2D eigenvalue weighted by atomic mass is 32.2. The molecule has 6 aromatic rings. The zero-order valence-corrected chi connectivity index (χ0v) is 24.1. The van der Waals surface area contributed by atoms with E-state index in [9.17, 15) is 8.42 Å². The first-order valence-electron chi connectivity index (χ1n) is 13.2. The van der Waals surface area contributed by atoms with E-state index in [1.54, 1.807) is 30.3 Å². The van der Waals surface area contributed by atoms with Crippen LogP contribution in [-0.4, -0.2) is 8.42 Å². The molecule has 0 aliphatic heterocycles. The Balaban J connectivity index is 1.65. The van der Waals surface area contributed by atoms with Crippen LogP contribution in [0.3, 0.4) is 0 Å². The first kappa shape index (κ1) is 26.8. The number of hydrogen-bond acceptors (Lipinski definition) is 4. The first-order valence-corrected chi connectivity index (χ1v) is 16.5. The van der Waals surface area contributed by atoms with Gasteiger partial charge in [-0.2, -0.15) is 0 Å². The maximum atomic E-state index is 15.8. The summed E-state index contributed by atoms with van der Waals surface area (Å²) in [6.45, 7) is 1.90. The molecule has 0 spiro atoms. The number of benzene rings is 5. The maximum absolute atomic E-state index is 15.8. The minimum atomic E-state index is -4.00. The van der Waals surface area contributed by atoms with E-state index in [-0.39, 0.29) is 10.6 Å². The predicted octanol–water partition coefficient (Wildman–Crippen LogP) is 7.65. The van der Waals surface area contributed by atoms with Crippen LogP contribution in [0.15, 0.2) is 149 Å². The van der Waals surface area contributed by atoms with Gasteiger partial charge in [-0.1, -0.05) is 121 Å². The van der Waals surface area contributed by atoms with E-state index in [1.807, 2.05) is 116 Å². The topological polar surface area (TPSA) is 76.4 Å². The number of rotatable bonds is 8. The van der Waals surface area contributed by atoms with E-state index in [4.69, 9.17) is 4.42 Å². The van der Waals surface area contributed by atoms with E-state index in [2.05, 4.69) is 4.72 Å². The lowest BCUT2D eigenvalue weighted by Gasteiger charge is -2.29. The number of anilines is 1. The van der Waals surface area contributed by atoms with Crippen molar-refractivity contribution in [3.05, 3.63) is 156 Å². The molecule has 5 aromatic carbocycles. The first-order chi connectivity index (χ1) is 19.9. The largest absolute Gasteiger partial charge is 0.458 e. The van der Waals surface area contributed by atoms with Crippen molar-refractivity contribution in [1.29, 1.82) is 0 Å². The molecule has 7 heteroatoms. The van der Waals surface area contributed by atoms with Crippen LogP contribution in [0.2, 0.25) is 0 Å². The molecule has 1 unspecified atom stereocenters. The molecular weight excluding hydrogens is 549 g/mol. The Bertz CT molecular complexity index is 1910. The van der Waals surface area contributed by atoms with Crippen LogP contribution < -0.4 is 15.3 Å². The Morgan fingerprint density at radius 1 is 0.659 bits per heavy atom. The smallest absolute Gasteiger partial charge is 0.262 e. The number of sulfonamides is 1. The summed E-state index contributed by atoms with van der Waals surface area (Å²) in [6, 6.07) is 42.1. The molecule has 0 saturated carbocycles. The molecule has 1 aromatic heterocycles. The van der Waals surface area contributed by atoms with Gasteiger partial charge in [-0.15, -0.1) is 0 Å². The molecule has 0 fully saturated rings. The number of furan rings is 1. The molecule has 5 nitrogen and oxygen atoms in total. The zero-order chi connectivity index (χ0) is 28.5. The number of nitrogens with one attached hydrogen (secondary N) is 1. The summed E-state index contributed by atoms with van der Waals surface area (Å²) in [5, 5.41) is 1.88. The van der Waals surface area contributed by atoms with Crippen molar-refractivity contribution in [3.8, 4) is 0 Å². The second kappa shape index (κ2) is 10.9. The quantitative estimate of drug-likeness (QED) is 0.189. The number of fused-ring (bicyclic) bond motifs is 1. The summed E-state index contributed by atoms with van der Waals surface area (Å²) < 4.78 is 52.6. The SMILES string of the molecule is Cc1ccc(S(=O)(=O)Nc2c(C(c3ccccc3)P(=O)(c3ccccc3)c3ccccc3)oc3ccccc23)cc1. The van der Waals surface area contributed by atoms with Gasteiger partial charge in [-0.3, -0.25) is 4.72 Å². The van der Waals surface area contributed by atoms with E-state index in [0.29, 0.717) is 27.3 Å². The number of hydrogen-bond donors (Lipinski definition) is 1. The van der Waals surface area contributed by atoms with Crippen LogP contribution in [0.1, 0.15) is 22.5 Å². The minimum Gasteiger partial charge on any atom is -0.458 e. The summed E-state index contributed by atoms with van der Waals surface area (Å²) >= 11 is 0. The molecule has 1 heterocycles. The molecule has 0 radical (unpaired) electrons. The van der Waals surface area contributed by atoms with Crippen LogP contribution in [-0.2, 0) is 14.6 Å². The molecule has 0 saturated heterocycles. The van der Waals surface area contributed by atoms with Crippen LogP contribution in [0.4, 0.5) is 5.69 Å². The summed E-state index contributed by atoms with van der Waals surface area (Å²) in [7, 11) is -7.54. The number of aryl methyl sites for hydroxylation is 1. The van der Waals surface area contributed by atoms with Crippen LogP contribution in [0, 0.1) is 6.92 Å². The van der Waals surface area contributed by atoms with Crippen LogP contribution in [0.5, 0.6) is 0 Å². The van der Waals surface area contributed by atoms with Gasteiger partial charge in [0.2, 0.25) is 0 Å². The molecule has 204 valence electrons. The zero-order valence-electron chi connectivity index (χ0n) is 22.3. The van der Waals surface area contributed by atoms with Crippen molar-refractivity contribution in [2.45, 2.75) is 17.5 Å². The van der Waals surface area contributed by atoms with E-state index in [0.717, 1.165) is 11.1 Å². The fourth-order valence-corrected chi connectivity index (χ4v) is 9.50. The monoisotopic (exact) mass is 577 g/mol. The fourth-order valence-electron chi connectivity index (χ4n) is 5.18. The van der Waals surface area contributed by atoms with Gasteiger partial charge in [0.15, 0.2) is 7.14 Å². The van der Waals surface area contributed by atoms with Gasteiger partial charge in [-0.25, -0.2) is 8.42 Å². The van der Waals surface area contributed by atoms with Gasteiger partial charge in [-0.05, 0) is 36.8 Å². The maximum Gasteiger partial charge on any atom is 0.262 e. The third-order valence-electron chi connectivity index (χ3n) is 7.20. The van der Waals surface area contributed by atoms with Gasteiger partial charge in [0.1, 0.15) is 17.0 Å². The van der Waals surface area contributed by atoms with Crippen molar-refractivity contribution < 1.29 is 17.4 Å². The highest BCUT2D eigenvalue weighted by Gasteiger charge is 2.43. The van der Waals surface area contributed by atoms with Gasteiger partial charge in [0.25, 0.3) is 10.0 Å². The summed E-state index contributed by atoms with van der Waals surface area (Å²) in [6.07, 6.45) is 0. The normalized spacial score (nSPS) is 12.7. The van der Waals surface area contributed by atoms with Crippen molar-refractivity contribution in [2.24, 2.45) is 0 Å². The lowest BCUT2D eigenvalue weighted by Crippen LogP contribution is -2.23. The second-order valence-corrected chi connectivity index (χ2v) is 14.4. The molecule has 0 amide bonds. The Morgan fingerprint density at radius 2 is 1.17 bits per heavy atom. The predicted molar refractivity (Wildman–Crippen MR) is 166 cm³/mol. The van der Waals surface area contributed by atoms with Gasteiger partial charge >= 0.3 is 0 Å². The van der Waals surface area contributed by atoms with Crippen LogP contribution >= 0.6 is 7.14 Å². The van der Waals surface area contributed by atoms with Crippen molar-refractivity contribution in [3.63, 3.8) is 0 Å². The number of para-hydroxylation sites is 1. The molecule has 0 bridgehead atoms. The molecule has 1 N–H and O–H groups in total. The van der Waals surface area contributed by atoms with Gasteiger partial charge in [0, 0.05) is 16.0 Å². The van der Waals surface area contributed by atoms with Crippen molar-refractivity contribution in [1.82, 2.24) is 0 Å². The highest BCUT2D eigenvalue weighted by Crippen LogP contribution is 2.62. The molecule has 41 heavy (non-hydrogen) atoms.